The third-order valence-corrected chi connectivity index (χ3v) is 5.11. The molecule has 0 aliphatic heterocycles. The molecule has 5 rings (SSSR count). The maximum atomic E-state index is 12.5. The van der Waals surface area contributed by atoms with Crippen LogP contribution in [0.15, 0.2) is 85.2 Å². The van der Waals surface area contributed by atoms with E-state index in [2.05, 4.69) is 20.5 Å². The number of nitrogens with zero attached hydrogens (tertiary/aromatic N) is 5. The summed E-state index contributed by atoms with van der Waals surface area (Å²) in [6.45, 7) is 2.35. The molecule has 3 heterocycles. The Kier molecular flexibility index (Phi) is 6.29. The average molecular weight is 467 g/mol. The highest BCUT2D eigenvalue weighted by Crippen LogP contribution is 2.24. The van der Waals surface area contributed by atoms with Crippen molar-refractivity contribution in [1.29, 1.82) is 0 Å². The number of pyridine rings is 1. The SMILES string of the molecule is CCOc1cccc(OCC(=O)Nc2cccc(-c3ccc4nnc(-c5cccnc5)n4n3)c2)c1. The van der Waals surface area contributed by atoms with E-state index in [1.165, 1.54) is 0 Å². The molecule has 9 nitrogen and oxygen atoms in total. The van der Waals surface area contributed by atoms with Crippen LogP contribution >= 0.6 is 0 Å². The monoisotopic (exact) mass is 466 g/mol. The molecule has 3 aromatic heterocycles. The van der Waals surface area contributed by atoms with Gasteiger partial charge in [-0.3, -0.25) is 9.78 Å². The van der Waals surface area contributed by atoms with Gasteiger partial charge in [0.15, 0.2) is 18.1 Å². The number of benzene rings is 2. The van der Waals surface area contributed by atoms with E-state index >= 15 is 0 Å². The zero-order chi connectivity index (χ0) is 24.0. The number of hydrogen-bond donors (Lipinski definition) is 1. The Morgan fingerprint density at radius 1 is 0.914 bits per heavy atom. The molecular formula is C26H22N6O3. The number of hydrogen-bond acceptors (Lipinski definition) is 7. The summed E-state index contributed by atoms with van der Waals surface area (Å²) in [4.78, 5) is 16.6. The van der Waals surface area contributed by atoms with E-state index in [9.17, 15) is 4.79 Å². The second-order valence-corrected chi connectivity index (χ2v) is 7.58. The highest BCUT2D eigenvalue weighted by molar-refractivity contribution is 5.92. The quantitative estimate of drug-likeness (QED) is 0.364. The van der Waals surface area contributed by atoms with E-state index in [1.807, 2.05) is 67.6 Å². The highest BCUT2D eigenvalue weighted by Gasteiger charge is 2.12. The number of ether oxygens (including phenoxy) is 2. The number of rotatable bonds is 8. The van der Waals surface area contributed by atoms with Gasteiger partial charge >= 0.3 is 0 Å². The Labute approximate surface area is 201 Å². The zero-order valence-corrected chi connectivity index (χ0v) is 19.0. The number of nitrogens with one attached hydrogen (secondary N) is 1. The van der Waals surface area contributed by atoms with Gasteiger partial charge in [-0.15, -0.1) is 10.2 Å². The summed E-state index contributed by atoms with van der Waals surface area (Å²) in [5, 5.41) is 16.0. The first kappa shape index (κ1) is 22.0. The zero-order valence-electron chi connectivity index (χ0n) is 19.0. The van der Waals surface area contributed by atoms with E-state index in [4.69, 9.17) is 14.6 Å². The van der Waals surface area contributed by atoms with Gasteiger partial charge in [-0.25, -0.2) is 0 Å². The number of amides is 1. The Hall–Kier alpha value is -4.79. The van der Waals surface area contributed by atoms with E-state index < -0.39 is 0 Å². The first-order chi connectivity index (χ1) is 17.2. The topological polar surface area (TPSA) is 104 Å². The molecule has 1 N–H and O–H groups in total. The predicted octanol–water partition coefficient (Wildman–Crippen LogP) is 4.27. The fourth-order valence-electron chi connectivity index (χ4n) is 3.54. The van der Waals surface area contributed by atoms with Crippen LogP contribution in [0.3, 0.4) is 0 Å². The van der Waals surface area contributed by atoms with Crippen LogP contribution in [0, 0.1) is 0 Å². The fraction of sp³-hybridized carbons (Fsp3) is 0.115. The number of carbonyl (C=O) groups is 1. The molecule has 9 heteroatoms. The maximum absolute atomic E-state index is 12.5. The van der Waals surface area contributed by atoms with Crippen molar-refractivity contribution in [1.82, 2.24) is 24.8 Å². The number of fused-ring (bicyclic) bond motifs is 1. The minimum atomic E-state index is -0.273. The van der Waals surface area contributed by atoms with Crippen LogP contribution in [0.2, 0.25) is 0 Å². The number of carbonyl (C=O) groups excluding carboxylic acids is 1. The molecule has 0 saturated heterocycles. The molecule has 5 aromatic rings. The van der Waals surface area contributed by atoms with E-state index in [0.717, 1.165) is 11.1 Å². The molecule has 0 spiro atoms. The van der Waals surface area contributed by atoms with Crippen LogP contribution in [-0.4, -0.2) is 43.9 Å². The molecular weight excluding hydrogens is 444 g/mol. The highest BCUT2D eigenvalue weighted by atomic mass is 16.5. The van der Waals surface area contributed by atoms with E-state index in [1.54, 1.807) is 29.0 Å². The van der Waals surface area contributed by atoms with Gasteiger partial charge in [0.2, 0.25) is 0 Å². The molecule has 35 heavy (non-hydrogen) atoms. The minimum Gasteiger partial charge on any atom is -0.494 e. The van der Waals surface area contributed by atoms with Crippen LogP contribution in [0.4, 0.5) is 5.69 Å². The summed E-state index contributed by atoms with van der Waals surface area (Å²) in [5.74, 6) is 1.59. The summed E-state index contributed by atoms with van der Waals surface area (Å²) in [6, 6.07) is 22.1. The third-order valence-electron chi connectivity index (χ3n) is 5.11. The summed E-state index contributed by atoms with van der Waals surface area (Å²) < 4.78 is 12.8. The molecule has 174 valence electrons. The largest absolute Gasteiger partial charge is 0.494 e. The molecule has 0 aliphatic rings. The van der Waals surface area contributed by atoms with Crippen LogP contribution in [-0.2, 0) is 4.79 Å². The van der Waals surface area contributed by atoms with Crippen molar-refractivity contribution < 1.29 is 14.3 Å². The van der Waals surface area contributed by atoms with Gasteiger partial charge in [0, 0.05) is 35.3 Å². The van der Waals surface area contributed by atoms with Gasteiger partial charge in [-0.2, -0.15) is 9.61 Å². The Morgan fingerprint density at radius 2 is 1.74 bits per heavy atom. The lowest BCUT2D eigenvalue weighted by atomic mass is 10.1. The third kappa shape index (κ3) is 5.09. The maximum Gasteiger partial charge on any atom is 0.262 e. The van der Waals surface area contributed by atoms with Crippen LogP contribution < -0.4 is 14.8 Å². The predicted molar refractivity (Wildman–Crippen MR) is 131 cm³/mol. The Bertz CT molecular complexity index is 1470. The molecule has 0 aliphatic carbocycles. The summed E-state index contributed by atoms with van der Waals surface area (Å²) >= 11 is 0. The molecule has 0 fully saturated rings. The van der Waals surface area contributed by atoms with Gasteiger partial charge < -0.3 is 14.8 Å². The summed E-state index contributed by atoms with van der Waals surface area (Å²) in [5.41, 5.74) is 3.63. The lowest BCUT2D eigenvalue weighted by molar-refractivity contribution is -0.118. The fourth-order valence-corrected chi connectivity index (χ4v) is 3.54. The minimum absolute atomic E-state index is 0.126. The summed E-state index contributed by atoms with van der Waals surface area (Å²) in [7, 11) is 0. The summed E-state index contributed by atoms with van der Waals surface area (Å²) in [6.07, 6.45) is 3.42. The van der Waals surface area contributed by atoms with Crippen molar-refractivity contribution >= 4 is 17.2 Å². The van der Waals surface area contributed by atoms with E-state index in [0.29, 0.717) is 41.0 Å². The Morgan fingerprint density at radius 3 is 2.57 bits per heavy atom. The van der Waals surface area contributed by atoms with Crippen molar-refractivity contribution in [3.63, 3.8) is 0 Å². The van der Waals surface area contributed by atoms with Crippen LogP contribution in [0.1, 0.15) is 6.92 Å². The van der Waals surface area contributed by atoms with Gasteiger partial charge in [0.05, 0.1) is 12.3 Å². The standard InChI is InChI=1S/C26H22N6O3/c1-2-34-21-9-4-10-22(15-21)35-17-25(33)28-20-8-3-6-18(14-20)23-11-12-24-29-30-26(32(24)31-23)19-7-5-13-27-16-19/h3-16H,2,17H2,1H3,(H,28,33). The lowest BCUT2D eigenvalue weighted by Gasteiger charge is -2.10. The van der Waals surface area contributed by atoms with Gasteiger partial charge in [0.1, 0.15) is 11.5 Å². The molecule has 0 atom stereocenters. The van der Waals surface area contributed by atoms with Crippen molar-refractivity contribution in [2.45, 2.75) is 6.92 Å². The van der Waals surface area contributed by atoms with Gasteiger partial charge in [0.25, 0.3) is 5.91 Å². The molecule has 1 amide bonds. The smallest absolute Gasteiger partial charge is 0.262 e. The Balaban J connectivity index is 1.31. The van der Waals surface area contributed by atoms with Crippen molar-refractivity contribution in [2.24, 2.45) is 0 Å². The molecule has 0 bridgehead atoms. The van der Waals surface area contributed by atoms with Gasteiger partial charge in [-0.05, 0) is 55.5 Å². The van der Waals surface area contributed by atoms with Gasteiger partial charge in [-0.1, -0.05) is 18.2 Å². The normalized spacial score (nSPS) is 10.8. The first-order valence-corrected chi connectivity index (χ1v) is 11.1. The number of aromatic nitrogens is 5. The van der Waals surface area contributed by atoms with E-state index in [-0.39, 0.29) is 12.5 Å². The second-order valence-electron chi connectivity index (χ2n) is 7.58. The van der Waals surface area contributed by atoms with Crippen LogP contribution in [0.5, 0.6) is 11.5 Å². The molecule has 0 radical (unpaired) electrons. The first-order valence-electron chi connectivity index (χ1n) is 11.1. The molecule has 2 aromatic carbocycles. The van der Waals surface area contributed by atoms with Crippen molar-refractivity contribution in [3.8, 4) is 34.1 Å². The molecule has 0 saturated carbocycles. The average Bonchev–Trinajstić information content (AvgIpc) is 3.32. The molecule has 0 unspecified atom stereocenters. The van der Waals surface area contributed by atoms with Crippen LogP contribution in [0.25, 0.3) is 28.3 Å². The lowest BCUT2D eigenvalue weighted by Crippen LogP contribution is -2.20. The van der Waals surface area contributed by atoms with Crippen molar-refractivity contribution in [2.75, 3.05) is 18.5 Å². The second kappa shape index (κ2) is 10.0. The van der Waals surface area contributed by atoms with Crippen molar-refractivity contribution in [3.05, 3.63) is 85.2 Å². The number of anilines is 1.